The van der Waals surface area contributed by atoms with Crippen LogP contribution in [0.5, 0.6) is 11.5 Å². The highest BCUT2D eigenvalue weighted by Crippen LogP contribution is 2.20. The van der Waals surface area contributed by atoms with Crippen LogP contribution in [0.25, 0.3) is 0 Å². The van der Waals surface area contributed by atoms with Gasteiger partial charge in [-0.15, -0.1) is 0 Å². The third-order valence-electron chi connectivity index (χ3n) is 3.99. The number of nitrogens with one attached hydrogen (secondary N) is 2. The Morgan fingerprint density at radius 1 is 1.04 bits per heavy atom. The molecule has 1 saturated carbocycles. The van der Waals surface area contributed by atoms with E-state index in [0.717, 1.165) is 25.0 Å². The number of benzene rings is 2. The molecule has 2 N–H and O–H groups in total. The predicted octanol–water partition coefficient (Wildman–Crippen LogP) is 3.39. The molecule has 0 aromatic heterocycles. The lowest BCUT2D eigenvalue weighted by atomic mass is 10.2. The first-order valence-corrected chi connectivity index (χ1v) is 9.20. The molecule has 3 rings (SSSR count). The van der Waals surface area contributed by atoms with Crippen LogP contribution < -0.4 is 20.1 Å². The van der Waals surface area contributed by atoms with Crippen molar-refractivity contribution in [1.82, 2.24) is 5.32 Å². The summed E-state index contributed by atoms with van der Waals surface area (Å²) < 4.78 is 11.0. The van der Waals surface area contributed by atoms with Gasteiger partial charge in [-0.2, -0.15) is 0 Å². The van der Waals surface area contributed by atoms with Crippen LogP contribution in [0, 0.1) is 0 Å². The third kappa shape index (κ3) is 6.02. The van der Waals surface area contributed by atoms with E-state index in [1.165, 1.54) is 0 Å². The highest BCUT2D eigenvalue weighted by atomic mass is 16.5. The third-order valence-corrected chi connectivity index (χ3v) is 3.99. The molecule has 1 fully saturated rings. The lowest BCUT2D eigenvalue weighted by Gasteiger charge is -2.10. The largest absolute Gasteiger partial charge is 0.494 e. The molecule has 0 unspecified atom stereocenters. The van der Waals surface area contributed by atoms with Crippen molar-refractivity contribution in [2.45, 2.75) is 32.2 Å². The molecule has 0 saturated heterocycles. The van der Waals surface area contributed by atoms with Gasteiger partial charge in [0, 0.05) is 17.3 Å². The topological polar surface area (TPSA) is 76.7 Å². The molecule has 2 amide bonds. The second-order valence-corrected chi connectivity index (χ2v) is 6.49. The van der Waals surface area contributed by atoms with Gasteiger partial charge in [0.05, 0.1) is 6.61 Å². The van der Waals surface area contributed by atoms with E-state index in [4.69, 9.17) is 9.47 Å². The standard InChI is InChI=1S/C21H24N2O4/c1-2-12-26-18-8-10-19(11-9-18)27-14-20(24)22-17-5-3-4-15(13-17)21(25)23-16-6-7-16/h3-5,8-11,13,16H,2,6-7,12,14H2,1H3,(H,22,24)(H,23,25). The van der Waals surface area contributed by atoms with Gasteiger partial charge in [0.25, 0.3) is 11.8 Å². The maximum Gasteiger partial charge on any atom is 0.262 e. The number of amides is 2. The molecule has 27 heavy (non-hydrogen) atoms. The van der Waals surface area contributed by atoms with Crippen LogP contribution >= 0.6 is 0 Å². The summed E-state index contributed by atoms with van der Waals surface area (Å²) in [6.07, 6.45) is 3.01. The van der Waals surface area contributed by atoms with Crippen LogP contribution in [0.3, 0.4) is 0 Å². The number of ether oxygens (including phenoxy) is 2. The van der Waals surface area contributed by atoms with Gasteiger partial charge in [0.2, 0.25) is 0 Å². The summed E-state index contributed by atoms with van der Waals surface area (Å²) in [5.41, 5.74) is 1.10. The molecule has 6 heteroatoms. The normalized spacial score (nSPS) is 12.9. The fourth-order valence-corrected chi connectivity index (χ4v) is 2.43. The van der Waals surface area contributed by atoms with Gasteiger partial charge in [0.15, 0.2) is 6.61 Å². The van der Waals surface area contributed by atoms with Crippen molar-refractivity contribution in [3.63, 3.8) is 0 Å². The minimum atomic E-state index is -0.291. The highest BCUT2D eigenvalue weighted by Gasteiger charge is 2.23. The average Bonchev–Trinajstić information content (AvgIpc) is 3.50. The zero-order valence-electron chi connectivity index (χ0n) is 15.4. The first kappa shape index (κ1) is 18.8. The first-order chi connectivity index (χ1) is 13.1. The van der Waals surface area contributed by atoms with Gasteiger partial charge < -0.3 is 20.1 Å². The summed E-state index contributed by atoms with van der Waals surface area (Å²) in [5, 5.41) is 5.68. The molecule has 0 aliphatic heterocycles. The molecular formula is C21H24N2O4. The summed E-state index contributed by atoms with van der Waals surface area (Å²) in [7, 11) is 0. The Morgan fingerprint density at radius 3 is 2.41 bits per heavy atom. The molecule has 0 heterocycles. The maximum absolute atomic E-state index is 12.1. The molecule has 0 spiro atoms. The number of carbonyl (C=O) groups is 2. The van der Waals surface area contributed by atoms with Crippen molar-refractivity contribution in [1.29, 1.82) is 0 Å². The SMILES string of the molecule is CCCOc1ccc(OCC(=O)Nc2cccc(C(=O)NC3CC3)c2)cc1. The van der Waals surface area contributed by atoms with E-state index in [0.29, 0.717) is 29.6 Å². The van der Waals surface area contributed by atoms with Crippen LogP contribution in [-0.4, -0.2) is 31.1 Å². The molecule has 1 aliphatic rings. The summed E-state index contributed by atoms with van der Waals surface area (Å²) in [6.45, 7) is 2.60. The molecule has 0 radical (unpaired) electrons. The van der Waals surface area contributed by atoms with E-state index in [-0.39, 0.29) is 18.4 Å². The average molecular weight is 368 g/mol. The van der Waals surface area contributed by atoms with Crippen LogP contribution in [-0.2, 0) is 4.79 Å². The second-order valence-electron chi connectivity index (χ2n) is 6.49. The highest BCUT2D eigenvalue weighted by molar-refractivity contribution is 5.97. The quantitative estimate of drug-likeness (QED) is 0.711. The van der Waals surface area contributed by atoms with E-state index in [1.807, 2.05) is 19.1 Å². The van der Waals surface area contributed by atoms with Crippen LogP contribution in [0.2, 0.25) is 0 Å². The molecule has 1 aliphatic carbocycles. The Kier molecular flexibility index (Phi) is 6.30. The first-order valence-electron chi connectivity index (χ1n) is 9.20. The number of hydrogen-bond donors (Lipinski definition) is 2. The Labute approximate surface area is 158 Å². The Morgan fingerprint density at radius 2 is 1.74 bits per heavy atom. The monoisotopic (exact) mass is 368 g/mol. The smallest absolute Gasteiger partial charge is 0.262 e. The molecule has 2 aromatic rings. The molecule has 0 bridgehead atoms. The fourth-order valence-electron chi connectivity index (χ4n) is 2.43. The number of anilines is 1. The summed E-state index contributed by atoms with van der Waals surface area (Å²) in [6, 6.07) is 14.3. The van der Waals surface area contributed by atoms with Crippen molar-refractivity contribution in [3.8, 4) is 11.5 Å². The predicted molar refractivity (Wildman–Crippen MR) is 103 cm³/mol. The minimum absolute atomic E-state index is 0.116. The molecular weight excluding hydrogens is 344 g/mol. The maximum atomic E-state index is 12.1. The zero-order valence-corrected chi connectivity index (χ0v) is 15.4. The lowest BCUT2D eigenvalue weighted by molar-refractivity contribution is -0.118. The van der Waals surface area contributed by atoms with Crippen LogP contribution in [0.4, 0.5) is 5.69 Å². The van der Waals surface area contributed by atoms with Gasteiger partial charge in [-0.1, -0.05) is 13.0 Å². The van der Waals surface area contributed by atoms with E-state index in [9.17, 15) is 9.59 Å². The van der Waals surface area contributed by atoms with Crippen LogP contribution in [0.1, 0.15) is 36.5 Å². The number of rotatable bonds is 9. The second kappa shape index (κ2) is 9.07. The van der Waals surface area contributed by atoms with Crippen molar-refractivity contribution in [2.75, 3.05) is 18.5 Å². The lowest BCUT2D eigenvalue weighted by Crippen LogP contribution is -2.25. The Bertz CT molecular complexity index is 785. The van der Waals surface area contributed by atoms with Gasteiger partial charge in [-0.25, -0.2) is 0 Å². The van der Waals surface area contributed by atoms with E-state index >= 15 is 0 Å². The van der Waals surface area contributed by atoms with Gasteiger partial charge in [0.1, 0.15) is 11.5 Å². The van der Waals surface area contributed by atoms with Crippen molar-refractivity contribution >= 4 is 17.5 Å². The molecule has 6 nitrogen and oxygen atoms in total. The molecule has 142 valence electrons. The minimum Gasteiger partial charge on any atom is -0.494 e. The van der Waals surface area contributed by atoms with E-state index in [1.54, 1.807) is 36.4 Å². The zero-order chi connectivity index (χ0) is 19.1. The summed E-state index contributed by atoms with van der Waals surface area (Å²) in [4.78, 5) is 24.2. The Balaban J connectivity index is 1.48. The summed E-state index contributed by atoms with van der Waals surface area (Å²) >= 11 is 0. The van der Waals surface area contributed by atoms with Crippen LogP contribution in [0.15, 0.2) is 48.5 Å². The molecule has 0 atom stereocenters. The van der Waals surface area contributed by atoms with Crippen molar-refractivity contribution in [3.05, 3.63) is 54.1 Å². The van der Waals surface area contributed by atoms with Crippen molar-refractivity contribution < 1.29 is 19.1 Å². The fraction of sp³-hybridized carbons (Fsp3) is 0.333. The van der Waals surface area contributed by atoms with E-state index < -0.39 is 0 Å². The summed E-state index contributed by atoms with van der Waals surface area (Å²) in [5.74, 6) is 0.956. The Hall–Kier alpha value is -3.02. The number of carbonyl (C=O) groups excluding carboxylic acids is 2. The van der Waals surface area contributed by atoms with Gasteiger partial charge in [-0.05, 0) is 61.7 Å². The van der Waals surface area contributed by atoms with Gasteiger partial charge >= 0.3 is 0 Å². The molecule has 2 aromatic carbocycles. The van der Waals surface area contributed by atoms with Crippen molar-refractivity contribution in [2.24, 2.45) is 0 Å². The van der Waals surface area contributed by atoms with Gasteiger partial charge in [-0.3, -0.25) is 9.59 Å². The van der Waals surface area contributed by atoms with E-state index in [2.05, 4.69) is 10.6 Å². The number of hydrogen-bond acceptors (Lipinski definition) is 4.